The molecule has 5 rings (SSSR count). The first-order chi connectivity index (χ1) is 15.8. The van der Waals surface area contributed by atoms with Gasteiger partial charge >= 0.3 is 6.18 Å². The number of nitrogens with zero attached hydrogens (tertiary/aromatic N) is 5. The first kappa shape index (κ1) is 20.7. The van der Waals surface area contributed by atoms with Gasteiger partial charge in [-0.05, 0) is 42.5 Å². The van der Waals surface area contributed by atoms with Crippen LogP contribution in [-0.4, -0.2) is 24.7 Å². The average molecular weight is 457 g/mol. The Kier molecular flexibility index (Phi) is 4.88. The quantitative estimate of drug-likeness (QED) is 0.336. The summed E-state index contributed by atoms with van der Waals surface area (Å²) in [5, 5.41) is 3.86. The molecular weight excluding hydrogens is 445 g/mol. The molecular formula is C22H12F5N5O. The molecule has 0 N–H and O–H groups in total. The van der Waals surface area contributed by atoms with Gasteiger partial charge < -0.3 is 9.09 Å². The fourth-order valence-corrected chi connectivity index (χ4v) is 3.25. The topological polar surface area (TPSA) is 69.6 Å². The van der Waals surface area contributed by atoms with Crippen molar-refractivity contribution in [2.45, 2.75) is 12.7 Å². The predicted octanol–water partition coefficient (Wildman–Crippen LogP) is 5.45. The highest BCUT2D eigenvalue weighted by Gasteiger charge is 2.30. The van der Waals surface area contributed by atoms with Crippen molar-refractivity contribution in [2.75, 3.05) is 0 Å². The lowest BCUT2D eigenvalue weighted by atomic mass is 10.1. The summed E-state index contributed by atoms with van der Waals surface area (Å²) in [5.74, 6) is -1.59. The van der Waals surface area contributed by atoms with Gasteiger partial charge in [0.2, 0.25) is 0 Å². The molecule has 0 spiro atoms. The maximum Gasteiger partial charge on any atom is 0.416 e. The van der Waals surface area contributed by atoms with Crippen LogP contribution in [0.4, 0.5) is 22.0 Å². The number of aromatic nitrogens is 5. The largest absolute Gasteiger partial charge is 0.416 e. The number of fused-ring (bicyclic) bond motifs is 1. The third kappa shape index (κ3) is 4.04. The summed E-state index contributed by atoms with van der Waals surface area (Å²) in [7, 11) is 0. The van der Waals surface area contributed by atoms with Crippen LogP contribution in [0.3, 0.4) is 0 Å². The number of hydrogen-bond donors (Lipinski definition) is 0. The maximum absolute atomic E-state index is 14.1. The van der Waals surface area contributed by atoms with E-state index in [1.54, 1.807) is 23.0 Å². The molecule has 2 aliphatic rings. The summed E-state index contributed by atoms with van der Waals surface area (Å²) >= 11 is 0. The molecule has 0 fully saturated rings. The second-order valence-corrected chi connectivity index (χ2v) is 7.13. The smallest absolute Gasteiger partial charge is 0.344 e. The van der Waals surface area contributed by atoms with Crippen LogP contribution in [0, 0.1) is 11.6 Å². The Morgan fingerprint density at radius 1 is 0.879 bits per heavy atom. The Hall–Kier alpha value is -4.15. The Morgan fingerprint density at radius 3 is 2.39 bits per heavy atom. The van der Waals surface area contributed by atoms with E-state index >= 15 is 0 Å². The summed E-state index contributed by atoms with van der Waals surface area (Å²) in [6.07, 6.45) is -1.12. The Bertz CT molecular complexity index is 1410. The van der Waals surface area contributed by atoms with E-state index in [0.29, 0.717) is 17.0 Å². The number of pyridine rings is 1. The molecule has 11 heteroatoms. The molecule has 0 bridgehead atoms. The van der Waals surface area contributed by atoms with Gasteiger partial charge in [-0.1, -0.05) is 11.2 Å². The van der Waals surface area contributed by atoms with Gasteiger partial charge in [-0.3, -0.25) is 0 Å². The third-order valence-electron chi connectivity index (χ3n) is 4.87. The number of hydrogen-bond acceptors (Lipinski definition) is 5. The van der Waals surface area contributed by atoms with Crippen molar-refractivity contribution >= 4 is 0 Å². The van der Waals surface area contributed by atoms with Gasteiger partial charge in [0.15, 0.2) is 23.3 Å². The Balaban J connectivity index is 1.37. The van der Waals surface area contributed by atoms with Crippen molar-refractivity contribution in [1.82, 2.24) is 24.7 Å². The number of halogens is 5. The summed E-state index contributed by atoms with van der Waals surface area (Å²) in [6, 6.07) is 9.82. The SMILES string of the molecule is Fc1cccc(-c2nc3ccn(Cc4noc(-c5ccc(C(F)(F)F)cc5)n4)cc-3n2)c1F. The standard InChI is InChI=1S/C22H12F5N5O/c23-15-3-1-2-14(19(15)24)20-28-16-8-9-32(10-17(16)29-20)11-18-30-21(33-31-18)12-4-6-13(7-5-12)22(25,26)27/h1-10H,11H2. The van der Waals surface area contributed by atoms with E-state index in [4.69, 9.17) is 4.52 Å². The highest BCUT2D eigenvalue weighted by molar-refractivity contribution is 5.66. The van der Waals surface area contributed by atoms with Crippen LogP contribution >= 0.6 is 0 Å². The van der Waals surface area contributed by atoms with Crippen molar-refractivity contribution in [3.05, 3.63) is 83.9 Å². The van der Waals surface area contributed by atoms with Crippen LogP contribution in [0.15, 0.2) is 65.4 Å². The maximum atomic E-state index is 14.1. The molecule has 6 nitrogen and oxygen atoms in total. The minimum atomic E-state index is -4.43. The molecule has 0 unspecified atom stereocenters. The monoisotopic (exact) mass is 457 g/mol. The van der Waals surface area contributed by atoms with Gasteiger partial charge in [-0.25, -0.2) is 18.7 Å². The van der Waals surface area contributed by atoms with Gasteiger partial charge in [-0.15, -0.1) is 0 Å². The zero-order valence-corrected chi connectivity index (χ0v) is 16.5. The molecule has 3 heterocycles. The molecule has 33 heavy (non-hydrogen) atoms. The van der Waals surface area contributed by atoms with Gasteiger partial charge in [0.1, 0.15) is 5.69 Å². The summed E-state index contributed by atoms with van der Waals surface area (Å²) in [6.45, 7) is 0.177. The predicted molar refractivity (Wildman–Crippen MR) is 106 cm³/mol. The summed E-state index contributed by atoms with van der Waals surface area (Å²) in [4.78, 5) is 12.7. The number of imidazole rings is 1. The molecule has 1 aromatic heterocycles. The van der Waals surface area contributed by atoms with E-state index < -0.39 is 23.4 Å². The van der Waals surface area contributed by atoms with E-state index in [2.05, 4.69) is 20.1 Å². The number of benzene rings is 2. The molecule has 2 aliphatic heterocycles. The second kappa shape index (κ2) is 7.76. The Morgan fingerprint density at radius 2 is 1.64 bits per heavy atom. The van der Waals surface area contributed by atoms with Crippen molar-refractivity contribution in [3.63, 3.8) is 0 Å². The van der Waals surface area contributed by atoms with E-state index in [1.807, 2.05) is 0 Å². The molecule has 3 aromatic rings. The molecule has 0 aliphatic carbocycles. The minimum absolute atomic E-state index is 0.0444. The van der Waals surface area contributed by atoms with Crippen molar-refractivity contribution < 1.29 is 26.5 Å². The van der Waals surface area contributed by atoms with Gasteiger partial charge in [0.05, 0.1) is 23.4 Å². The van der Waals surface area contributed by atoms with Crippen LogP contribution in [0.5, 0.6) is 0 Å². The fourth-order valence-electron chi connectivity index (χ4n) is 3.25. The first-order valence-corrected chi connectivity index (χ1v) is 9.56. The lowest BCUT2D eigenvalue weighted by molar-refractivity contribution is -0.137. The van der Waals surface area contributed by atoms with E-state index in [-0.39, 0.29) is 29.6 Å². The zero-order valence-electron chi connectivity index (χ0n) is 16.5. The van der Waals surface area contributed by atoms with Gasteiger partial charge in [0.25, 0.3) is 5.89 Å². The molecule has 0 amide bonds. The Labute approximate surface area is 182 Å². The number of rotatable bonds is 4. The third-order valence-corrected chi connectivity index (χ3v) is 4.87. The van der Waals surface area contributed by atoms with Crippen molar-refractivity contribution in [1.29, 1.82) is 0 Å². The minimum Gasteiger partial charge on any atom is -0.344 e. The molecule has 0 saturated heterocycles. The highest BCUT2D eigenvalue weighted by Crippen LogP contribution is 2.31. The molecule has 0 radical (unpaired) electrons. The van der Waals surface area contributed by atoms with Gasteiger partial charge in [0, 0.05) is 18.0 Å². The second-order valence-electron chi connectivity index (χ2n) is 7.13. The van der Waals surface area contributed by atoms with Crippen molar-refractivity contribution in [3.8, 4) is 34.2 Å². The van der Waals surface area contributed by atoms with Crippen LogP contribution < -0.4 is 0 Å². The lowest BCUT2D eigenvalue weighted by Crippen LogP contribution is -2.04. The first-order valence-electron chi connectivity index (χ1n) is 9.56. The fraction of sp³-hybridized carbons (Fsp3) is 0.0909. The van der Waals surface area contributed by atoms with Crippen LogP contribution in [0.1, 0.15) is 11.4 Å². The molecule has 166 valence electrons. The number of alkyl halides is 3. The van der Waals surface area contributed by atoms with Crippen molar-refractivity contribution in [2.24, 2.45) is 0 Å². The van der Waals surface area contributed by atoms with Crippen LogP contribution in [-0.2, 0) is 12.7 Å². The van der Waals surface area contributed by atoms with E-state index in [0.717, 1.165) is 18.2 Å². The molecule has 2 aromatic carbocycles. The highest BCUT2D eigenvalue weighted by atomic mass is 19.4. The zero-order chi connectivity index (χ0) is 23.2. The average Bonchev–Trinajstić information content (AvgIpc) is 3.42. The molecule has 0 saturated carbocycles. The van der Waals surface area contributed by atoms with Crippen LogP contribution in [0.25, 0.3) is 34.2 Å². The van der Waals surface area contributed by atoms with E-state index in [1.165, 1.54) is 24.3 Å². The van der Waals surface area contributed by atoms with E-state index in [9.17, 15) is 22.0 Å². The van der Waals surface area contributed by atoms with Gasteiger partial charge in [-0.2, -0.15) is 18.2 Å². The normalized spacial score (nSPS) is 11.9. The summed E-state index contributed by atoms with van der Waals surface area (Å²) < 4.78 is 72.6. The summed E-state index contributed by atoms with van der Waals surface area (Å²) in [5.41, 5.74) is 0.470. The lowest BCUT2D eigenvalue weighted by Gasteiger charge is -2.05. The molecule has 0 atom stereocenters. The van der Waals surface area contributed by atoms with Crippen LogP contribution in [0.2, 0.25) is 0 Å².